The van der Waals surface area contributed by atoms with E-state index >= 15 is 0 Å². The maximum Gasteiger partial charge on any atom is 0.254 e. The SMILES string of the molecule is CCCN(CC(=O)N1CCn2cccc2[C@H]1c1ccccc1F)C(=O)c1ccc(Cl)cc1. The smallest absolute Gasteiger partial charge is 0.254 e. The van der Waals surface area contributed by atoms with Crippen LogP contribution in [0.1, 0.15) is 41.0 Å². The van der Waals surface area contributed by atoms with E-state index in [1.54, 1.807) is 52.3 Å². The fourth-order valence-electron chi connectivity index (χ4n) is 4.23. The zero-order chi connectivity index (χ0) is 22.7. The first-order chi connectivity index (χ1) is 15.5. The van der Waals surface area contributed by atoms with Crippen molar-refractivity contribution in [3.8, 4) is 0 Å². The lowest BCUT2D eigenvalue weighted by molar-refractivity contribution is -0.134. The Hall–Kier alpha value is -3.12. The predicted octanol–water partition coefficient (Wildman–Crippen LogP) is 4.76. The molecule has 1 aliphatic heterocycles. The fraction of sp³-hybridized carbons (Fsp3) is 0.280. The molecule has 1 aromatic heterocycles. The summed E-state index contributed by atoms with van der Waals surface area (Å²) in [5, 5.41) is 0.545. The van der Waals surface area contributed by atoms with Gasteiger partial charge >= 0.3 is 0 Å². The van der Waals surface area contributed by atoms with Gasteiger partial charge in [-0.25, -0.2) is 4.39 Å². The van der Waals surface area contributed by atoms with Crippen LogP contribution in [0.4, 0.5) is 4.39 Å². The van der Waals surface area contributed by atoms with Crippen molar-refractivity contribution in [1.29, 1.82) is 0 Å². The van der Waals surface area contributed by atoms with Crippen LogP contribution in [0.5, 0.6) is 0 Å². The molecule has 0 fully saturated rings. The maximum atomic E-state index is 14.8. The summed E-state index contributed by atoms with van der Waals surface area (Å²) in [7, 11) is 0. The average molecular weight is 454 g/mol. The molecule has 7 heteroatoms. The van der Waals surface area contributed by atoms with Gasteiger partial charge in [-0.05, 0) is 48.9 Å². The molecule has 5 nitrogen and oxygen atoms in total. The molecule has 0 spiro atoms. The van der Waals surface area contributed by atoms with E-state index in [4.69, 9.17) is 11.6 Å². The summed E-state index contributed by atoms with van der Waals surface area (Å²) in [5.74, 6) is -0.784. The third kappa shape index (κ3) is 4.41. The van der Waals surface area contributed by atoms with E-state index in [-0.39, 0.29) is 24.2 Å². The minimum absolute atomic E-state index is 0.0685. The van der Waals surface area contributed by atoms with Gasteiger partial charge in [0.15, 0.2) is 0 Å². The lowest BCUT2D eigenvalue weighted by Crippen LogP contribution is -2.48. The highest BCUT2D eigenvalue weighted by Crippen LogP contribution is 2.34. The van der Waals surface area contributed by atoms with Crippen molar-refractivity contribution in [2.75, 3.05) is 19.6 Å². The first-order valence-corrected chi connectivity index (χ1v) is 11.1. The maximum absolute atomic E-state index is 14.8. The molecule has 1 atom stereocenters. The standard InChI is InChI=1S/C25H25ClFN3O2/c1-2-13-29(25(32)18-9-11-19(26)12-10-18)17-23(31)30-16-15-28-14-5-8-22(28)24(30)20-6-3-4-7-21(20)27/h3-12,14,24H,2,13,15-17H2,1H3/t24-/m1/s1. The second-order valence-electron chi connectivity index (χ2n) is 7.87. The van der Waals surface area contributed by atoms with Gasteiger partial charge in [0.25, 0.3) is 5.91 Å². The molecule has 2 heterocycles. The number of amides is 2. The highest BCUT2D eigenvalue weighted by atomic mass is 35.5. The summed E-state index contributed by atoms with van der Waals surface area (Å²) in [4.78, 5) is 29.8. The summed E-state index contributed by atoms with van der Waals surface area (Å²) >= 11 is 5.94. The number of nitrogens with zero attached hydrogens (tertiary/aromatic N) is 3. The van der Waals surface area contributed by atoms with Crippen molar-refractivity contribution in [1.82, 2.24) is 14.4 Å². The molecule has 4 rings (SSSR count). The van der Waals surface area contributed by atoms with E-state index in [1.807, 2.05) is 29.8 Å². The van der Waals surface area contributed by atoms with Crippen molar-refractivity contribution in [3.05, 3.63) is 94.5 Å². The van der Waals surface area contributed by atoms with Crippen LogP contribution in [-0.4, -0.2) is 45.8 Å². The van der Waals surface area contributed by atoms with Crippen LogP contribution in [0.2, 0.25) is 5.02 Å². The van der Waals surface area contributed by atoms with Crippen LogP contribution in [-0.2, 0) is 11.3 Å². The minimum Gasteiger partial charge on any atom is -0.348 e. The molecule has 166 valence electrons. The lowest BCUT2D eigenvalue weighted by atomic mass is 9.99. The minimum atomic E-state index is -0.540. The predicted molar refractivity (Wildman–Crippen MR) is 122 cm³/mol. The molecule has 0 bridgehead atoms. The molecule has 1 aliphatic rings. The van der Waals surface area contributed by atoms with E-state index in [0.29, 0.717) is 42.2 Å². The van der Waals surface area contributed by atoms with Crippen LogP contribution in [0.25, 0.3) is 0 Å². The normalized spacial score (nSPS) is 15.3. The molecule has 0 saturated carbocycles. The second-order valence-corrected chi connectivity index (χ2v) is 8.31. The first kappa shape index (κ1) is 22.1. The van der Waals surface area contributed by atoms with Crippen LogP contribution in [0, 0.1) is 5.82 Å². The van der Waals surface area contributed by atoms with E-state index < -0.39 is 6.04 Å². The van der Waals surface area contributed by atoms with Crippen LogP contribution in [0.15, 0.2) is 66.9 Å². The van der Waals surface area contributed by atoms with Gasteiger partial charge in [0, 0.05) is 47.7 Å². The molecule has 0 radical (unpaired) electrons. The van der Waals surface area contributed by atoms with Crippen molar-refractivity contribution >= 4 is 23.4 Å². The first-order valence-electron chi connectivity index (χ1n) is 10.7. The molecule has 2 amide bonds. The zero-order valence-electron chi connectivity index (χ0n) is 17.9. The third-order valence-corrected chi connectivity index (χ3v) is 6.01. The molecule has 32 heavy (non-hydrogen) atoms. The Kier molecular flexibility index (Phi) is 6.61. The highest BCUT2D eigenvalue weighted by molar-refractivity contribution is 6.30. The molecular formula is C25H25ClFN3O2. The third-order valence-electron chi connectivity index (χ3n) is 5.76. The molecule has 0 unspecified atom stereocenters. The van der Waals surface area contributed by atoms with E-state index in [2.05, 4.69) is 0 Å². The van der Waals surface area contributed by atoms with Crippen molar-refractivity contribution < 1.29 is 14.0 Å². The molecule has 0 aliphatic carbocycles. The zero-order valence-corrected chi connectivity index (χ0v) is 18.6. The second kappa shape index (κ2) is 9.57. The fourth-order valence-corrected chi connectivity index (χ4v) is 4.35. The Morgan fingerprint density at radius 1 is 1.06 bits per heavy atom. The summed E-state index contributed by atoms with van der Waals surface area (Å²) in [6.45, 7) is 3.40. The van der Waals surface area contributed by atoms with Crippen molar-refractivity contribution in [2.45, 2.75) is 25.9 Å². The Labute approximate surface area is 192 Å². The van der Waals surface area contributed by atoms with Crippen molar-refractivity contribution in [3.63, 3.8) is 0 Å². The number of benzene rings is 2. The van der Waals surface area contributed by atoms with E-state index in [1.165, 1.54) is 6.07 Å². The number of hydrogen-bond donors (Lipinski definition) is 0. The number of carbonyl (C=O) groups is 2. The molecule has 0 N–H and O–H groups in total. The number of hydrogen-bond acceptors (Lipinski definition) is 2. The summed E-state index contributed by atoms with van der Waals surface area (Å²) in [5.41, 5.74) is 1.79. The monoisotopic (exact) mass is 453 g/mol. The lowest BCUT2D eigenvalue weighted by Gasteiger charge is -2.38. The van der Waals surface area contributed by atoms with Crippen LogP contribution >= 0.6 is 11.6 Å². The molecular weight excluding hydrogens is 429 g/mol. The number of fused-ring (bicyclic) bond motifs is 1. The highest BCUT2D eigenvalue weighted by Gasteiger charge is 2.34. The summed E-state index contributed by atoms with van der Waals surface area (Å²) in [6.07, 6.45) is 2.66. The van der Waals surface area contributed by atoms with Gasteiger partial charge < -0.3 is 14.4 Å². The molecule has 2 aromatic carbocycles. The Bertz CT molecular complexity index is 1110. The summed E-state index contributed by atoms with van der Waals surface area (Å²) in [6, 6.07) is 16.5. The van der Waals surface area contributed by atoms with E-state index in [9.17, 15) is 14.0 Å². The number of aromatic nitrogens is 1. The Morgan fingerprint density at radius 3 is 2.53 bits per heavy atom. The quantitative estimate of drug-likeness (QED) is 0.540. The summed E-state index contributed by atoms with van der Waals surface area (Å²) < 4.78 is 16.8. The molecule has 3 aromatic rings. The van der Waals surface area contributed by atoms with Crippen LogP contribution in [0.3, 0.4) is 0 Å². The van der Waals surface area contributed by atoms with Gasteiger partial charge in [0.05, 0.1) is 0 Å². The van der Waals surface area contributed by atoms with E-state index in [0.717, 1.165) is 5.69 Å². The Balaban J connectivity index is 1.62. The van der Waals surface area contributed by atoms with Crippen molar-refractivity contribution in [2.24, 2.45) is 0 Å². The number of halogens is 2. The van der Waals surface area contributed by atoms with Gasteiger partial charge in [-0.3, -0.25) is 9.59 Å². The van der Waals surface area contributed by atoms with Crippen LogP contribution < -0.4 is 0 Å². The van der Waals surface area contributed by atoms with Gasteiger partial charge in [-0.2, -0.15) is 0 Å². The number of rotatable bonds is 6. The van der Waals surface area contributed by atoms with Gasteiger partial charge in [0.2, 0.25) is 5.91 Å². The van der Waals surface area contributed by atoms with Gasteiger partial charge in [-0.15, -0.1) is 0 Å². The average Bonchev–Trinajstić information content (AvgIpc) is 3.27. The topological polar surface area (TPSA) is 45.6 Å². The van der Waals surface area contributed by atoms with Gasteiger partial charge in [0.1, 0.15) is 18.4 Å². The largest absolute Gasteiger partial charge is 0.348 e. The Morgan fingerprint density at radius 2 is 1.81 bits per heavy atom. The van der Waals surface area contributed by atoms with Gasteiger partial charge in [-0.1, -0.05) is 36.7 Å². The number of carbonyl (C=O) groups excluding carboxylic acids is 2. The molecule has 0 saturated heterocycles.